The van der Waals surface area contributed by atoms with Crippen molar-refractivity contribution >= 4 is 23.9 Å². The van der Waals surface area contributed by atoms with Gasteiger partial charge < -0.3 is 24.4 Å². The van der Waals surface area contributed by atoms with Crippen LogP contribution in [0.3, 0.4) is 0 Å². The average Bonchev–Trinajstić information content (AvgIpc) is 2.96. The first-order valence-electron chi connectivity index (χ1n) is 8.53. The van der Waals surface area contributed by atoms with Gasteiger partial charge >= 0.3 is 11.9 Å². The number of nitrogens with one attached hydrogen (secondary N) is 1. The fraction of sp³-hybridized carbons (Fsp3) is 0.500. The molecule has 2 rings (SSSR count). The number of fused-ring (bicyclic) bond motifs is 1. The third kappa shape index (κ3) is 4.72. The minimum absolute atomic E-state index is 0.113. The summed E-state index contributed by atoms with van der Waals surface area (Å²) in [5.41, 5.74) is 4.74. The number of hydrazine groups is 1. The van der Waals surface area contributed by atoms with E-state index in [9.17, 15) is 14.4 Å². The molecule has 0 saturated heterocycles. The van der Waals surface area contributed by atoms with Gasteiger partial charge in [0.25, 0.3) is 0 Å². The molecule has 26 heavy (non-hydrogen) atoms. The third-order valence-electron chi connectivity index (χ3n) is 4.24. The molecule has 0 aromatic heterocycles. The Kier molecular flexibility index (Phi) is 6.97. The van der Waals surface area contributed by atoms with Gasteiger partial charge in [0.05, 0.1) is 31.9 Å². The van der Waals surface area contributed by atoms with Crippen LogP contribution in [0.2, 0.25) is 0 Å². The van der Waals surface area contributed by atoms with E-state index in [0.29, 0.717) is 25.2 Å². The van der Waals surface area contributed by atoms with Crippen molar-refractivity contribution in [1.82, 2.24) is 5.43 Å². The summed E-state index contributed by atoms with van der Waals surface area (Å²) in [5, 5.41) is 10.6. The van der Waals surface area contributed by atoms with Crippen LogP contribution >= 0.6 is 0 Å². The van der Waals surface area contributed by atoms with E-state index in [-0.39, 0.29) is 31.1 Å². The first-order valence-corrected chi connectivity index (χ1v) is 8.53. The Morgan fingerprint density at radius 1 is 1.46 bits per heavy atom. The van der Waals surface area contributed by atoms with E-state index in [1.165, 1.54) is 0 Å². The monoisotopic (exact) mass is 364 g/mol. The van der Waals surface area contributed by atoms with Gasteiger partial charge in [0.2, 0.25) is 0 Å². The first kappa shape index (κ1) is 19.7. The highest BCUT2D eigenvalue weighted by molar-refractivity contribution is 5.75. The second kappa shape index (κ2) is 9.19. The Morgan fingerprint density at radius 2 is 2.23 bits per heavy atom. The van der Waals surface area contributed by atoms with E-state index < -0.39 is 12.0 Å². The standard InChI is InChI=1S/C18H24N2O6/c1-3-26-17(24)9-12-10-20(19-13(11-21)7-8-16(22)23)18-14(12)5-4-6-15(18)25-2/h4-6,11-13,19H,3,7-10H2,1-2H3,(H,22,23)/t12?,13-/m0/s1. The van der Waals surface area contributed by atoms with E-state index in [2.05, 4.69) is 5.43 Å². The van der Waals surface area contributed by atoms with Gasteiger partial charge in [-0.15, -0.1) is 0 Å². The lowest BCUT2D eigenvalue weighted by molar-refractivity contribution is -0.143. The highest BCUT2D eigenvalue weighted by Crippen LogP contribution is 2.43. The van der Waals surface area contributed by atoms with Crippen molar-refractivity contribution in [1.29, 1.82) is 0 Å². The molecule has 8 nitrogen and oxygen atoms in total. The fourth-order valence-corrected chi connectivity index (χ4v) is 3.09. The van der Waals surface area contributed by atoms with E-state index >= 15 is 0 Å². The van der Waals surface area contributed by atoms with E-state index in [4.69, 9.17) is 14.6 Å². The van der Waals surface area contributed by atoms with Crippen LogP contribution in [-0.4, -0.2) is 49.6 Å². The summed E-state index contributed by atoms with van der Waals surface area (Å²) < 4.78 is 10.5. The summed E-state index contributed by atoms with van der Waals surface area (Å²) in [6.07, 6.45) is 0.960. The Bertz CT molecular complexity index is 663. The van der Waals surface area contributed by atoms with Crippen molar-refractivity contribution in [2.45, 2.75) is 38.1 Å². The fourth-order valence-electron chi connectivity index (χ4n) is 3.09. The van der Waals surface area contributed by atoms with Crippen LogP contribution in [-0.2, 0) is 19.1 Å². The van der Waals surface area contributed by atoms with Crippen molar-refractivity contribution in [3.05, 3.63) is 23.8 Å². The number of hydrogen-bond acceptors (Lipinski definition) is 7. The lowest BCUT2D eigenvalue weighted by atomic mass is 9.98. The Labute approximate surface area is 152 Å². The number of benzene rings is 1. The minimum atomic E-state index is -0.960. The summed E-state index contributed by atoms with van der Waals surface area (Å²) in [6.45, 7) is 2.53. The maximum Gasteiger partial charge on any atom is 0.306 e. The zero-order chi connectivity index (χ0) is 19.1. The molecule has 2 N–H and O–H groups in total. The molecule has 0 saturated carbocycles. The Morgan fingerprint density at radius 3 is 2.85 bits per heavy atom. The molecule has 1 aromatic carbocycles. The van der Waals surface area contributed by atoms with Crippen molar-refractivity contribution in [3.8, 4) is 5.75 Å². The normalized spacial score (nSPS) is 16.7. The summed E-state index contributed by atoms with van der Waals surface area (Å²) in [7, 11) is 1.55. The molecular formula is C18H24N2O6. The third-order valence-corrected chi connectivity index (χ3v) is 4.24. The van der Waals surface area contributed by atoms with E-state index in [1.807, 2.05) is 12.1 Å². The number of carbonyl (C=O) groups is 3. The number of aliphatic carboxylic acids is 1. The van der Waals surface area contributed by atoms with Gasteiger partial charge in [0.1, 0.15) is 12.0 Å². The number of ether oxygens (including phenoxy) is 2. The van der Waals surface area contributed by atoms with Crippen LogP contribution < -0.4 is 15.2 Å². The van der Waals surface area contributed by atoms with Gasteiger partial charge in [0.15, 0.2) is 0 Å². The molecule has 1 unspecified atom stereocenters. The number of carboxylic acids is 1. The van der Waals surface area contributed by atoms with Crippen molar-refractivity contribution in [2.24, 2.45) is 0 Å². The molecular weight excluding hydrogens is 340 g/mol. The molecule has 0 spiro atoms. The number of carboxylic acid groups (broad SMARTS) is 1. The van der Waals surface area contributed by atoms with Gasteiger partial charge in [0, 0.05) is 18.9 Å². The quantitative estimate of drug-likeness (QED) is 0.475. The maximum atomic E-state index is 11.9. The topological polar surface area (TPSA) is 105 Å². The molecule has 2 atom stereocenters. The molecule has 1 aliphatic rings. The predicted octanol–water partition coefficient (Wildman–Crippen LogP) is 1.49. The van der Waals surface area contributed by atoms with Gasteiger partial charge in [-0.2, -0.15) is 0 Å². The SMILES string of the molecule is CCOC(=O)CC1CN(N[C@H](C=O)CCC(=O)O)c2c(OC)cccc21. The van der Waals surface area contributed by atoms with Crippen LogP contribution in [0.25, 0.3) is 0 Å². The minimum Gasteiger partial charge on any atom is -0.495 e. The summed E-state index contributed by atoms with van der Waals surface area (Å²) in [5.74, 6) is -0.744. The highest BCUT2D eigenvalue weighted by atomic mass is 16.5. The molecule has 0 bridgehead atoms. The number of rotatable bonds is 10. The number of carbonyl (C=O) groups excluding carboxylic acids is 2. The average molecular weight is 364 g/mol. The second-order valence-corrected chi connectivity index (χ2v) is 6.02. The number of aldehydes is 1. The number of esters is 1. The Balaban J connectivity index is 2.21. The number of para-hydroxylation sites is 1. The summed E-state index contributed by atoms with van der Waals surface area (Å²) in [4.78, 5) is 34.0. The van der Waals surface area contributed by atoms with Gasteiger partial charge in [-0.1, -0.05) is 12.1 Å². The first-order chi connectivity index (χ1) is 12.5. The van der Waals surface area contributed by atoms with Gasteiger partial charge in [-0.05, 0) is 25.0 Å². The van der Waals surface area contributed by atoms with Gasteiger partial charge in [-0.3, -0.25) is 9.59 Å². The lowest BCUT2D eigenvalue weighted by Crippen LogP contribution is -2.45. The molecule has 1 heterocycles. The maximum absolute atomic E-state index is 11.9. The Hall–Kier alpha value is -2.61. The predicted molar refractivity (Wildman–Crippen MR) is 94.2 cm³/mol. The number of anilines is 1. The molecule has 8 heteroatoms. The molecule has 0 radical (unpaired) electrons. The largest absolute Gasteiger partial charge is 0.495 e. The van der Waals surface area contributed by atoms with Crippen LogP contribution in [0.4, 0.5) is 5.69 Å². The molecule has 1 aromatic rings. The molecule has 142 valence electrons. The molecule has 0 amide bonds. The second-order valence-electron chi connectivity index (χ2n) is 6.02. The highest BCUT2D eigenvalue weighted by Gasteiger charge is 2.34. The van der Waals surface area contributed by atoms with Crippen molar-refractivity contribution in [3.63, 3.8) is 0 Å². The zero-order valence-corrected chi connectivity index (χ0v) is 14.9. The summed E-state index contributed by atoms with van der Waals surface area (Å²) in [6, 6.07) is 4.91. The van der Waals surface area contributed by atoms with Crippen LogP contribution in [0, 0.1) is 0 Å². The zero-order valence-electron chi connectivity index (χ0n) is 14.9. The van der Waals surface area contributed by atoms with Crippen LogP contribution in [0.1, 0.15) is 37.7 Å². The van der Waals surface area contributed by atoms with E-state index in [1.54, 1.807) is 25.1 Å². The molecule has 0 aliphatic carbocycles. The van der Waals surface area contributed by atoms with Crippen molar-refractivity contribution < 1.29 is 29.0 Å². The smallest absolute Gasteiger partial charge is 0.306 e. The number of nitrogens with zero attached hydrogens (tertiary/aromatic N) is 1. The number of hydrogen-bond donors (Lipinski definition) is 2. The van der Waals surface area contributed by atoms with Gasteiger partial charge in [-0.25, -0.2) is 5.43 Å². The van der Waals surface area contributed by atoms with Crippen molar-refractivity contribution in [2.75, 3.05) is 25.3 Å². The summed E-state index contributed by atoms with van der Waals surface area (Å²) >= 11 is 0. The number of methoxy groups -OCH3 is 1. The lowest BCUT2D eigenvalue weighted by Gasteiger charge is -2.26. The van der Waals surface area contributed by atoms with Crippen LogP contribution in [0.15, 0.2) is 18.2 Å². The van der Waals surface area contributed by atoms with E-state index in [0.717, 1.165) is 11.3 Å². The molecule has 1 aliphatic heterocycles. The molecule has 0 fully saturated rings. The van der Waals surface area contributed by atoms with Crippen LogP contribution in [0.5, 0.6) is 5.75 Å².